The van der Waals surface area contributed by atoms with Crippen LogP contribution in [0.4, 0.5) is 0 Å². The number of benzene rings is 1. The molecule has 0 unspecified atom stereocenters. The van der Waals surface area contributed by atoms with Crippen molar-refractivity contribution in [1.82, 2.24) is 5.32 Å². The summed E-state index contributed by atoms with van der Waals surface area (Å²) in [6.45, 7) is 4.95. The van der Waals surface area contributed by atoms with E-state index in [9.17, 15) is 4.79 Å². The second-order valence-corrected chi connectivity index (χ2v) is 7.85. The van der Waals surface area contributed by atoms with Crippen molar-refractivity contribution in [2.24, 2.45) is 0 Å². The fourth-order valence-corrected chi connectivity index (χ4v) is 4.41. The van der Waals surface area contributed by atoms with E-state index in [-0.39, 0.29) is 12.5 Å². The monoisotopic (exact) mass is 379 g/mol. The van der Waals surface area contributed by atoms with Crippen molar-refractivity contribution in [3.05, 3.63) is 51.2 Å². The summed E-state index contributed by atoms with van der Waals surface area (Å²) >= 11 is 7.71. The maximum absolute atomic E-state index is 12.2. The van der Waals surface area contributed by atoms with Crippen LogP contribution >= 0.6 is 22.9 Å². The van der Waals surface area contributed by atoms with Crippen molar-refractivity contribution < 1.29 is 14.4 Å². The highest BCUT2D eigenvalue weighted by Crippen LogP contribution is 2.21. The van der Waals surface area contributed by atoms with Crippen LogP contribution in [-0.4, -0.2) is 32.1 Å². The molecule has 1 aliphatic heterocycles. The van der Waals surface area contributed by atoms with Crippen molar-refractivity contribution in [3.8, 4) is 5.75 Å². The van der Waals surface area contributed by atoms with E-state index in [0.717, 1.165) is 5.56 Å². The molecule has 6 heteroatoms. The lowest BCUT2D eigenvalue weighted by atomic mass is 10.2. The third-order valence-corrected chi connectivity index (χ3v) is 5.85. The first-order valence-corrected chi connectivity index (χ1v) is 9.93. The summed E-state index contributed by atoms with van der Waals surface area (Å²) in [6, 6.07) is 9.98. The van der Waals surface area contributed by atoms with Gasteiger partial charge in [0.2, 0.25) is 0 Å². The van der Waals surface area contributed by atoms with Gasteiger partial charge in [-0.3, -0.25) is 4.79 Å². The van der Waals surface area contributed by atoms with Gasteiger partial charge in [0.25, 0.3) is 5.91 Å². The number of hydrogen-bond acceptors (Lipinski definition) is 3. The van der Waals surface area contributed by atoms with Crippen molar-refractivity contribution in [3.63, 3.8) is 0 Å². The zero-order chi connectivity index (χ0) is 17.6. The molecule has 1 aromatic carbocycles. The predicted octanol–water partition coefficient (Wildman–Crippen LogP) is 2.62. The zero-order valence-electron chi connectivity index (χ0n) is 14.4. The van der Waals surface area contributed by atoms with E-state index in [1.807, 2.05) is 13.0 Å². The first-order valence-electron chi connectivity index (χ1n) is 8.67. The average Bonchev–Trinajstić information content (AvgIpc) is 3.28. The molecule has 0 aliphatic carbocycles. The molecule has 2 N–H and O–H groups in total. The van der Waals surface area contributed by atoms with Crippen LogP contribution in [0, 0.1) is 6.92 Å². The van der Waals surface area contributed by atoms with Gasteiger partial charge < -0.3 is 15.0 Å². The van der Waals surface area contributed by atoms with Gasteiger partial charge in [0.15, 0.2) is 6.61 Å². The lowest BCUT2D eigenvalue weighted by molar-refractivity contribution is -0.918. The molecular formula is C19H24ClN2O2S+. The van der Waals surface area contributed by atoms with Gasteiger partial charge in [0, 0.05) is 17.9 Å². The Morgan fingerprint density at radius 3 is 2.84 bits per heavy atom. The van der Waals surface area contributed by atoms with Crippen LogP contribution < -0.4 is 15.0 Å². The Morgan fingerprint density at radius 2 is 2.16 bits per heavy atom. The maximum Gasteiger partial charge on any atom is 0.258 e. The van der Waals surface area contributed by atoms with Crippen LogP contribution in [0.15, 0.2) is 35.7 Å². The molecule has 1 aliphatic rings. The molecule has 1 amide bonds. The fourth-order valence-electron chi connectivity index (χ4n) is 3.30. The van der Waals surface area contributed by atoms with E-state index >= 15 is 0 Å². The van der Waals surface area contributed by atoms with Crippen LogP contribution in [-0.2, 0) is 4.79 Å². The zero-order valence-corrected chi connectivity index (χ0v) is 16.0. The molecule has 2 aromatic rings. The summed E-state index contributed by atoms with van der Waals surface area (Å²) in [5, 5.41) is 5.82. The Morgan fingerprint density at radius 1 is 1.36 bits per heavy atom. The minimum Gasteiger partial charge on any atom is -0.484 e. The molecule has 1 fully saturated rings. The number of ether oxygens (including phenoxy) is 1. The molecule has 25 heavy (non-hydrogen) atoms. The van der Waals surface area contributed by atoms with Crippen molar-refractivity contribution in [2.45, 2.75) is 25.8 Å². The number of hydrogen-bond donors (Lipinski definition) is 2. The summed E-state index contributed by atoms with van der Waals surface area (Å²) in [7, 11) is 0. The maximum atomic E-state index is 12.2. The number of likely N-dealkylation sites (tertiary alicyclic amines) is 1. The normalized spacial score (nSPS) is 15.9. The largest absolute Gasteiger partial charge is 0.484 e. The number of amides is 1. The Bertz CT molecular complexity index is 699. The number of carbonyl (C=O) groups excluding carboxylic acids is 1. The summed E-state index contributed by atoms with van der Waals surface area (Å²) < 4.78 is 5.63. The summed E-state index contributed by atoms with van der Waals surface area (Å²) in [5.74, 6) is 0.606. The molecule has 0 bridgehead atoms. The van der Waals surface area contributed by atoms with Crippen LogP contribution in [0.2, 0.25) is 5.02 Å². The highest BCUT2D eigenvalue weighted by molar-refractivity contribution is 7.10. The Hall–Kier alpha value is -1.56. The van der Waals surface area contributed by atoms with Crippen molar-refractivity contribution in [2.75, 3.05) is 26.2 Å². The van der Waals surface area contributed by atoms with Crippen LogP contribution in [0.25, 0.3) is 0 Å². The summed E-state index contributed by atoms with van der Waals surface area (Å²) in [4.78, 5) is 15.1. The first-order chi connectivity index (χ1) is 12.1. The molecule has 3 rings (SSSR count). The van der Waals surface area contributed by atoms with Crippen LogP contribution in [0.1, 0.15) is 29.3 Å². The van der Waals surface area contributed by atoms with Gasteiger partial charge in [-0.2, -0.15) is 0 Å². The smallest absolute Gasteiger partial charge is 0.258 e. The predicted molar refractivity (Wildman–Crippen MR) is 102 cm³/mol. The van der Waals surface area contributed by atoms with E-state index in [1.165, 1.54) is 30.8 Å². The molecule has 134 valence electrons. The Labute approximate surface area is 157 Å². The quantitative estimate of drug-likeness (QED) is 0.776. The lowest BCUT2D eigenvalue weighted by Crippen LogP contribution is -3.11. The first kappa shape index (κ1) is 18.2. The number of halogens is 1. The van der Waals surface area contributed by atoms with Gasteiger partial charge in [-0.1, -0.05) is 17.7 Å². The minimum atomic E-state index is -0.0884. The van der Waals surface area contributed by atoms with Crippen molar-refractivity contribution in [1.29, 1.82) is 0 Å². The minimum absolute atomic E-state index is 0.0228. The van der Waals surface area contributed by atoms with E-state index in [0.29, 0.717) is 23.4 Å². The van der Waals surface area contributed by atoms with Crippen molar-refractivity contribution >= 4 is 28.8 Å². The van der Waals surface area contributed by atoms with E-state index in [1.54, 1.807) is 28.4 Å². The Kier molecular flexibility index (Phi) is 6.34. The number of aryl methyl sites for hydroxylation is 1. The van der Waals surface area contributed by atoms with Gasteiger partial charge in [0.05, 0.1) is 24.5 Å². The van der Waals surface area contributed by atoms with Gasteiger partial charge in [0.1, 0.15) is 11.8 Å². The fraction of sp³-hybridized carbons (Fsp3) is 0.421. The molecule has 1 aromatic heterocycles. The lowest BCUT2D eigenvalue weighted by Gasteiger charge is -2.24. The number of carbonyl (C=O) groups is 1. The molecule has 0 radical (unpaired) electrons. The summed E-state index contributed by atoms with van der Waals surface area (Å²) in [6.07, 6.45) is 2.54. The third kappa shape index (κ3) is 4.97. The number of rotatable bonds is 7. The molecule has 1 saturated heterocycles. The standard InChI is InChI=1S/C19H23ClN2O2S/c1-14-11-15(20)6-7-17(14)24-13-19(23)21-12-16(18-5-4-10-25-18)22-8-2-3-9-22/h4-7,10-11,16H,2-3,8-9,12-13H2,1H3,(H,21,23)/p+1/t16-/m1/s1. The molecule has 0 spiro atoms. The van der Waals surface area contributed by atoms with Gasteiger partial charge >= 0.3 is 0 Å². The molecule has 2 heterocycles. The van der Waals surface area contributed by atoms with Crippen LogP contribution in [0.5, 0.6) is 5.75 Å². The van der Waals surface area contributed by atoms with E-state index in [2.05, 4.69) is 22.8 Å². The topological polar surface area (TPSA) is 42.8 Å². The van der Waals surface area contributed by atoms with E-state index < -0.39 is 0 Å². The number of nitrogens with one attached hydrogen (secondary N) is 2. The molecule has 1 atom stereocenters. The average molecular weight is 380 g/mol. The highest BCUT2D eigenvalue weighted by atomic mass is 35.5. The van der Waals surface area contributed by atoms with Crippen LogP contribution in [0.3, 0.4) is 0 Å². The molecule has 0 saturated carbocycles. The molecular weight excluding hydrogens is 356 g/mol. The SMILES string of the molecule is Cc1cc(Cl)ccc1OCC(=O)NC[C@H](c1cccs1)[NH+]1CCCC1. The van der Waals surface area contributed by atoms with Gasteiger partial charge in [-0.25, -0.2) is 0 Å². The van der Waals surface area contributed by atoms with E-state index in [4.69, 9.17) is 16.3 Å². The van der Waals surface area contributed by atoms with Gasteiger partial charge in [-0.15, -0.1) is 11.3 Å². The third-order valence-electron chi connectivity index (χ3n) is 4.62. The second-order valence-electron chi connectivity index (χ2n) is 6.44. The molecule has 4 nitrogen and oxygen atoms in total. The second kappa shape index (κ2) is 8.70. The summed E-state index contributed by atoms with van der Waals surface area (Å²) in [5.41, 5.74) is 0.929. The number of quaternary nitrogens is 1. The Balaban J connectivity index is 1.53. The number of thiophene rings is 1. The van der Waals surface area contributed by atoms with Gasteiger partial charge in [-0.05, 0) is 42.1 Å². The highest BCUT2D eigenvalue weighted by Gasteiger charge is 2.28.